The Kier molecular flexibility index (Phi) is 7.12. The fourth-order valence-electron chi connectivity index (χ4n) is 1.89. The molecule has 0 heterocycles. The summed E-state index contributed by atoms with van der Waals surface area (Å²) in [5, 5.41) is 0. The molecule has 0 aliphatic carbocycles. The molecule has 0 saturated heterocycles. The average Bonchev–Trinajstić information content (AvgIpc) is 2.39. The van der Waals surface area contributed by atoms with Crippen LogP contribution in [0, 0.1) is 0 Å². The van der Waals surface area contributed by atoms with Crippen LogP contribution in [-0.4, -0.2) is 13.0 Å². The number of rotatable bonds is 9. The minimum Gasteiger partial charge on any atom is -0.304 e. The van der Waals surface area contributed by atoms with Gasteiger partial charge in [0.25, 0.3) is 0 Å². The van der Waals surface area contributed by atoms with E-state index in [4.69, 9.17) is 0 Å². The van der Waals surface area contributed by atoms with Crippen LogP contribution in [-0.2, 0) is 4.79 Å². The first-order valence-corrected chi connectivity index (χ1v) is 6.59. The van der Waals surface area contributed by atoms with Crippen LogP contribution in [0.1, 0.15) is 45.4 Å². The first-order valence-electron chi connectivity index (χ1n) is 6.59. The first kappa shape index (κ1) is 13.8. The van der Waals surface area contributed by atoms with Crippen molar-refractivity contribution in [1.82, 2.24) is 0 Å². The Morgan fingerprint density at radius 3 is 2.29 bits per heavy atom. The van der Waals surface area contributed by atoms with Crippen LogP contribution >= 0.6 is 0 Å². The molecule has 0 aromatic heterocycles. The van der Waals surface area contributed by atoms with Crippen molar-refractivity contribution in [1.29, 1.82) is 0 Å². The van der Waals surface area contributed by atoms with E-state index in [-0.39, 0.29) is 0 Å². The van der Waals surface area contributed by atoms with Gasteiger partial charge in [0, 0.05) is 12.2 Å². The summed E-state index contributed by atoms with van der Waals surface area (Å²) >= 11 is 0. The Hall–Kier alpha value is -1.31. The van der Waals surface area contributed by atoms with Crippen molar-refractivity contribution in [2.24, 2.45) is 0 Å². The molecule has 0 unspecified atom stereocenters. The maximum Gasteiger partial charge on any atom is 0.316 e. The van der Waals surface area contributed by atoms with Gasteiger partial charge < -0.3 is 4.90 Å². The van der Waals surface area contributed by atoms with Gasteiger partial charge in [-0.05, 0) is 18.6 Å². The van der Waals surface area contributed by atoms with Gasteiger partial charge in [0.1, 0.15) is 0 Å². The highest BCUT2D eigenvalue weighted by molar-refractivity contribution is 5.75. The number of amides is 1. The summed E-state index contributed by atoms with van der Waals surface area (Å²) in [6, 6.07) is 9.74. The van der Waals surface area contributed by atoms with Crippen LogP contribution in [0.2, 0.25) is 0 Å². The van der Waals surface area contributed by atoms with Crippen LogP contribution in [0.15, 0.2) is 30.3 Å². The zero-order chi connectivity index (χ0) is 12.3. The quantitative estimate of drug-likeness (QED) is 0.467. The van der Waals surface area contributed by atoms with Crippen LogP contribution in [0.4, 0.5) is 5.69 Å². The Labute approximate surface area is 105 Å². The van der Waals surface area contributed by atoms with Gasteiger partial charge in [-0.2, -0.15) is 0 Å². The van der Waals surface area contributed by atoms with E-state index in [1.165, 1.54) is 32.1 Å². The van der Waals surface area contributed by atoms with Gasteiger partial charge in [-0.15, -0.1) is 0 Å². The third kappa shape index (κ3) is 5.53. The Morgan fingerprint density at radius 2 is 1.65 bits per heavy atom. The van der Waals surface area contributed by atoms with Gasteiger partial charge in [0.2, 0.25) is 0 Å². The predicted molar refractivity (Wildman–Crippen MR) is 72.9 cm³/mol. The third-order valence-electron chi connectivity index (χ3n) is 2.91. The summed E-state index contributed by atoms with van der Waals surface area (Å²) in [5.74, 6) is 0. The fourth-order valence-corrected chi connectivity index (χ4v) is 1.89. The molecule has 1 amide bonds. The summed E-state index contributed by atoms with van der Waals surface area (Å²) in [6.07, 6.45) is 9.45. The van der Waals surface area contributed by atoms with E-state index < -0.39 is 0 Å². The highest BCUT2D eigenvalue weighted by Gasteiger charge is 2.04. The van der Waals surface area contributed by atoms with E-state index >= 15 is 0 Å². The Morgan fingerprint density at radius 1 is 1.00 bits per heavy atom. The van der Waals surface area contributed by atoms with E-state index in [1.54, 1.807) is 4.90 Å². The zero-order valence-corrected chi connectivity index (χ0v) is 10.7. The van der Waals surface area contributed by atoms with E-state index in [2.05, 4.69) is 6.92 Å². The van der Waals surface area contributed by atoms with Crippen molar-refractivity contribution in [3.8, 4) is 0 Å². The molecule has 1 aromatic rings. The molecule has 17 heavy (non-hydrogen) atoms. The third-order valence-corrected chi connectivity index (χ3v) is 2.91. The van der Waals surface area contributed by atoms with E-state index in [9.17, 15) is 4.79 Å². The number of para-hydroxylation sites is 1. The molecule has 1 aromatic carbocycles. The highest BCUT2D eigenvalue weighted by Crippen LogP contribution is 2.13. The standard InChI is InChI=1S/C15H22NO/c1-2-3-4-5-6-10-13-16(14-17)15-11-8-7-9-12-15/h7-9,11-12H,2-6,10,13H2,1H3. The second-order valence-corrected chi connectivity index (χ2v) is 4.35. The summed E-state index contributed by atoms with van der Waals surface area (Å²) in [6.45, 7) is 3.00. The van der Waals surface area contributed by atoms with Crippen molar-refractivity contribution in [2.45, 2.75) is 45.4 Å². The second-order valence-electron chi connectivity index (χ2n) is 4.35. The molecule has 0 atom stereocenters. The monoisotopic (exact) mass is 232 g/mol. The Bertz CT molecular complexity index is 297. The highest BCUT2D eigenvalue weighted by atomic mass is 16.1. The number of nitrogens with zero attached hydrogens (tertiary/aromatic N) is 1. The van der Waals surface area contributed by atoms with Crippen molar-refractivity contribution in [3.63, 3.8) is 0 Å². The van der Waals surface area contributed by atoms with Crippen LogP contribution in [0.3, 0.4) is 0 Å². The topological polar surface area (TPSA) is 20.3 Å². The van der Waals surface area contributed by atoms with Gasteiger partial charge in [-0.25, -0.2) is 0 Å². The molecule has 0 fully saturated rings. The molecule has 2 nitrogen and oxygen atoms in total. The van der Waals surface area contributed by atoms with Crippen LogP contribution < -0.4 is 4.90 Å². The van der Waals surface area contributed by atoms with Gasteiger partial charge in [-0.3, -0.25) is 4.79 Å². The molecule has 0 spiro atoms. The van der Waals surface area contributed by atoms with Crippen LogP contribution in [0.5, 0.6) is 0 Å². The molecule has 93 valence electrons. The summed E-state index contributed by atoms with van der Waals surface area (Å²) in [4.78, 5) is 12.5. The number of unbranched alkanes of at least 4 members (excludes halogenated alkanes) is 5. The smallest absolute Gasteiger partial charge is 0.304 e. The molecule has 0 saturated carbocycles. The van der Waals surface area contributed by atoms with Gasteiger partial charge in [0.05, 0.1) is 0 Å². The summed E-state index contributed by atoms with van der Waals surface area (Å²) < 4.78 is 0. The molecule has 1 rings (SSSR count). The number of carbonyl (C=O) groups excluding carboxylic acids is 1. The minimum absolute atomic E-state index is 0.777. The van der Waals surface area contributed by atoms with Crippen molar-refractivity contribution < 1.29 is 4.79 Å². The molecular formula is C15H22NO. The van der Waals surface area contributed by atoms with Crippen molar-refractivity contribution >= 4 is 12.1 Å². The molecular weight excluding hydrogens is 210 g/mol. The Balaban J connectivity index is 2.22. The first-order chi connectivity index (χ1) is 8.38. The summed E-state index contributed by atoms with van der Waals surface area (Å²) in [7, 11) is 0. The van der Waals surface area contributed by atoms with Gasteiger partial charge in [0.15, 0.2) is 0 Å². The molecule has 0 bridgehead atoms. The molecule has 1 radical (unpaired) electrons. The van der Waals surface area contributed by atoms with E-state index in [0.29, 0.717) is 0 Å². The minimum atomic E-state index is 0.777. The van der Waals surface area contributed by atoms with E-state index in [1.807, 2.05) is 36.7 Å². The lowest BCUT2D eigenvalue weighted by molar-refractivity contribution is 0.546. The normalized spacial score (nSPS) is 10.2. The van der Waals surface area contributed by atoms with Crippen molar-refractivity contribution in [2.75, 3.05) is 11.4 Å². The molecule has 0 aliphatic heterocycles. The predicted octanol–water partition coefficient (Wildman–Crippen LogP) is 3.92. The van der Waals surface area contributed by atoms with Crippen LogP contribution in [0.25, 0.3) is 0 Å². The van der Waals surface area contributed by atoms with E-state index in [0.717, 1.165) is 18.7 Å². The SMILES string of the molecule is CCCCCCCCN([C]=O)c1ccccc1. The maximum atomic E-state index is 10.9. The average molecular weight is 232 g/mol. The lowest BCUT2D eigenvalue weighted by atomic mass is 10.1. The largest absolute Gasteiger partial charge is 0.316 e. The number of anilines is 1. The zero-order valence-electron chi connectivity index (χ0n) is 10.7. The van der Waals surface area contributed by atoms with Crippen molar-refractivity contribution in [3.05, 3.63) is 30.3 Å². The maximum absolute atomic E-state index is 10.9. The van der Waals surface area contributed by atoms with Gasteiger partial charge >= 0.3 is 6.41 Å². The molecule has 2 heteroatoms. The lowest BCUT2D eigenvalue weighted by Gasteiger charge is -2.15. The fraction of sp³-hybridized carbons (Fsp3) is 0.533. The lowest BCUT2D eigenvalue weighted by Crippen LogP contribution is -2.22. The second kappa shape index (κ2) is 8.80. The summed E-state index contributed by atoms with van der Waals surface area (Å²) in [5.41, 5.74) is 0.941. The number of hydrogen-bond acceptors (Lipinski definition) is 1. The molecule has 0 aliphatic rings. The van der Waals surface area contributed by atoms with Gasteiger partial charge in [-0.1, -0.05) is 57.2 Å². The molecule has 0 N–H and O–H groups in total. The number of benzene rings is 1. The number of hydrogen-bond donors (Lipinski definition) is 0.